The molecule has 0 aliphatic rings. The Hall–Kier alpha value is 0.0969. The number of rotatable bonds is 8. The highest BCUT2D eigenvalue weighted by molar-refractivity contribution is 6.60. The molecule has 0 saturated heterocycles. The van der Waals surface area contributed by atoms with Gasteiger partial charge in [0, 0.05) is 20.3 Å². The molecule has 0 aliphatic carbocycles. The summed E-state index contributed by atoms with van der Waals surface area (Å²) in [4.78, 5) is 0. The minimum atomic E-state index is -2.50. The third-order valence-electron chi connectivity index (χ3n) is 3.91. The van der Waals surface area contributed by atoms with Gasteiger partial charge in [0.1, 0.15) is 0 Å². The zero-order valence-electron chi connectivity index (χ0n) is 12.8. The fraction of sp³-hybridized carbons (Fsp3) is 1.00. The van der Waals surface area contributed by atoms with Crippen LogP contribution in [0.2, 0.25) is 6.04 Å². The van der Waals surface area contributed by atoms with Gasteiger partial charge in [-0.25, -0.2) is 0 Å². The highest BCUT2D eigenvalue weighted by Crippen LogP contribution is 2.37. The van der Waals surface area contributed by atoms with Gasteiger partial charge in [-0.1, -0.05) is 41.5 Å². The normalized spacial score (nSPS) is 13.8. The van der Waals surface area contributed by atoms with Gasteiger partial charge in [-0.15, -0.1) is 0 Å². The molecule has 0 unspecified atom stereocenters. The average molecular weight is 262 g/mol. The van der Waals surface area contributed by atoms with E-state index in [4.69, 9.17) is 13.3 Å². The molecule has 0 aliphatic heterocycles. The van der Waals surface area contributed by atoms with Crippen molar-refractivity contribution in [1.82, 2.24) is 0 Å². The Bertz CT molecular complexity index is 196. The summed E-state index contributed by atoms with van der Waals surface area (Å²) in [6.07, 6.45) is 0.976. The lowest BCUT2D eigenvalue weighted by Crippen LogP contribution is -2.55. The maximum Gasteiger partial charge on any atom is 0.500 e. The van der Waals surface area contributed by atoms with Gasteiger partial charge in [-0.05, 0) is 18.3 Å². The second kappa shape index (κ2) is 6.88. The van der Waals surface area contributed by atoms with Gasteiger partial charge in [0.2, 0.25) is 0 Å². The van der Waals surface area contributed by atoms with Crippen LogP contribution in [0, 0.1) is 11.8 Å². The van der Waals surface area contributed by atoms with Crippen LogP contribution >= 0.6 is 0 Å². The molecule has 0 aromatic carbocycles. The summed E-state index contributed by atoms with van der Waals surface area (Å²) < 4.78 is 17.6. The highest BCUT2D eigenvalue weighted by atomic mass is 28.4. The lowest BCUT2D eigenvalue weighted by Gasteiger charge is -2.45. The van der Waals surface area contributed by atoms with E-state index in [1.54, 1.807) is 14.2 Å². The first-order valence-corrected chi connectivity index (χ1v) is 8.57. The van der Waals surface area contributed by atoms with Crippen molar-refractivity contribution in [3.8, 4) is 0 Å². The average Bonchev–Trinajstić information content (AvgIpc) is 2.31. The molecule has 17 heavy (non-hydrogen) atoms. The topological polar surface area (TPSA) is 27.7 Å². The third-order valence-corrected chi connectivity index (χ3v) is 6.71. The molecule has 0 bridgehead atoms. The fourth-order valence-corrected chi connectivity index (χ4v) is 4.86. The van der Waals surface area contributed by atoms with Crippen LogP contribution in [0.3, 0.4) is 0 Å². The molecule has 0 amide bonds. The molecule has 0 atom stereocenters. The Labute approximate surface area is 108 Å². The van der Waals surface area contributed by atoms with Crippen LogP contribution in [0.25, 0.3) is 0 Å². The van der Waals surface area contributed by atoms with Crippen molar-refractivity contribution in [2.45, 2.75) is 59.6 Å². The Kier molecular flexibility index (Phi) is 6.92. The van der Waals surface area contributed by atoms with E-state index in [1.165, 1.54) is 0 Å². The van der Waals surface area contributed by atoms with Crippen molar-refractivity contribution in [1.29, 1.82) is 0 Å². The van der Waals surface area contributed by atoms with Gasteiger partial charge in [0.15, 0.2) is 0 Å². The van der Waals surface area contributed by atoms with E-state index in [1.807, 2.05) is 0 Å². The van der Waals surface area contributed by atoms with E-state index in [2.05, 4.69) is 41.5 Å². The molecule has 3 nitrogen and oxygen atoms in total. The molecule has 0 saturated carbocycles. The zero-order valence-corrected chi connectivity index (χ0v) is 13.8. The van der Waals surface area contributed by atoms with Crippen LogP contribution in [0.15, 0.2) is 0 Å². The van der Waals surface area contributed by atoms with Gasteiger partial charge in [0.05, 0.1) is 5.60 Å². The van der Waals surface area contributed by atoms with E-state index in [-0.39, 0.29) is 5.60 Å². The summed E-state index contributed by atoms with van der Waals surface area (Å²) in [6, 6.07) is 0.807. The summed E-state index contributed by atoms with van der Waals surface area (Å²) in [5, 5.41) is 0. The van der Waals surface area contributed by atoms with E-state index in [9.17, 15) is 0 Å². The summed E-state index contributed by atoms with van der Waals surface area (Å²) in [7, 11) is 0.890. The van der Waals surface area contributed by atoms with E-state index < -0.39 is 8.80 Å². The van der Waals surface area contributed by atoms with Gasteiger partial charge in [0.25, 0.3) is 0 Å². The molecule has 0 aromatic rings. The number of hydrogen-bond donors (Lipinski definition) is 0. The van der Waals surface area contributed by atoms with Gasteiger partial charge >= 0.3 is 8.80 Å². The molecule has 0 rings (SSSR count). The minimum absolute atomic E-state index is 0.158. The van der Waals surface area contributed by atoms with Gasteiger partial charge < -0.3 is 13.3 Å². The van der Waals surface area contributed by atoms with E-state index in [0.29, 0.717) is 11.8 Å². The van der Waals surface area contributed by atoms with Crippen molar-refractivity contribution in [3.05, 3.63) is 0 Å². The molecule has 104 valence electrons. The third kappa shape index (κ3) is 3.53. The molecule has 0 heterocycles. The van der Waals surface area contributed by atoms with Crippen LogP contribution < -0.4 is 0 Å². The van der Waals surface area contributed by atoms with Gasteiger partial charge in [-0.3, -0.25) is 0 Å². The SMILES string of the molecule is CCC(O[Si](CC)(OC)OC)(C(C)C)C(C)C. The predicted molar refractivity (Wildman–Crippen MR) is 74.0 cm³/mol. The molecule has 0 radical (unpaired) electrons. The standard InChI is InChI=1S/C13H30O3Si/c1-9-13(11(3)4,12(5)6)16-17(10-2,14-7)15-8/h11-12H,9-10H2,1-8H3. The van der Waals surface area contributed by atoms with E-state index in [0.717, 1.165) is 12.5 Å². The quantitative estimate of drug-likeness (QED) is 0.624. The summed E-state index contributed by atoms with van der Waals surface area (Å²) in [6.45, 7) is 13.1. The van der Waals surface area contributed by atoms with Crippen molar-refractivity contribution in [2.75, 3.05) is 14.2 Å². The summed E-state index contributed by atoms with van der Waals surface area (Å²) >= 11 is 0. The molecule has 4 heteroatoms. The maximum atomic E-state index is 6.44. The highest BCUT2D eigenvalue weighted by Gasteiger charge is 2.48. The smallest absolute Gasteiger partial charge is 0.377 e. The van der Waals surface area contributed by atoms with Crippen molar-refractivity contribution in [3.63, 3.8) is 0 Å². The van der Waals surface area contributed by atoms with Crippen molar-refractivity contribution < 1.29 is 13.3 Å². The van der Waals surface area contributed by atoms with Crippen molar-refractivity contribution >= 4 is 8.80 Å². The van der Waals surface area contributed by atoms with Crippen LogP contribution in [-0.2, 0) is 13.3 Å². The molecular formula is C13H30O3Si. The number of hydrogen-bond acceptors (Lipinski definition) is 3. The Morgan fingerprint density at radius 2 is 1.35 bits per heavy atom. The first-order valence-electron chi connectivity index (χ1n) is 6.64. The Morgan fingerprint density at radius 1 is 0.941 bits per heavy atom. The summed E-state index contributed by atoms with van der Waals surface area (Å²) in [5.41, 5.74) is -0.158. The lowest BCUT2D eigenvalue weighted by atomic mass is 9.78. The van der Waals surface area contributed by atoms with E-state index >= 15 is 0 Å². The maximum absolute atomic E-state index is 6.44. The molecule has 0 spiro atoms. The molecular weight excluding hydrogens is 232 g/mol. The minimum Gasteiger partial charge on any atom is -0.377 e. The largest absolute Gasteiger partial charge is 0.500 e. The predicted octanol–water partition coefficient (Wildman–Crippen LogP) is 3.72. The lowest BCUT2D eigenvalue weighted by molar-refractivity contribution is -0.0798. The second-order valence-electron chi connectivity index (χ2n) is 5.16. The Morgan fingerprint density at radius 3 is 1.53 bits per heavy atom. The monoisotopic (exact) mass is 262 g/mol. The first kappa shape index (κ1) is 17.1. The van der Waals surface area contributed by atoms with Crippen LogP contribution in [0.1, 0.15) is 48.0 Å². The molecule has 0 fully saturated rings. The Balaban J connectivity index is 5.21. The zero-order chi connectivity index (χ0) is 13.7. The van der Waals surface area contributed by atoms with Crippen LogP contribution in [-0.4, -0.2) is 28.6 Å². The molecule has 0 aromatic heterocycles. The summed E-state index contributed by atoms with van der Waals surface area (Å²) in [5.74, 6) is 0.882. The van der Waals surface area contributed by atoms with Crippen LogP contribution in [0.4, 0.5) is 0 Å². The van der Waals surface area contributed by atoms with Crippen molar-refractivity contribution in [2.24, 2.45) is 11.8 Å². The van der Waals surface area contributed by atoms with Crippen LogP contribution in [0.5, 0.6) is 0 Å². The fourth-order valence-electron chi connectivity index (χ4n) is 2.61. The second-order valence-corrected chi connectivity index (χ2v) is 8.26. The first-order chi connectivity index (χ1) is 7.84. The van der Waals surface area contributed by atoms with Gasteiger partial charge in [-0.2, -0.15) is 0 Å². The molecule has 0 N–H and O–H groups in total.